The second-order valence-corrected chi connectivity index (χ2v) is 5.26. The zero-order chi connectivity index (χ0) is 13.0. The normalized spacial score (nSPS) is 14.2. The molecule has 0 spiro atoms. The molecule has 0 radical (unpaired) electrons. The van der Waals surface area contributed by atoms with Crippen LogP contribution in [0.5, 0.6) is 5.75 Å². The molecule has 1 aromatic heterocycles. The zero-order valence-corrected chi connectivity index (χ0v) is 11.6. The highest BCUT2D eigenvalue weighted by Crippen LogP contribution is 2.27. The minimum absolute atomic E-state index is 0.0147. The lowest BCUT2D eigenvalue weighted by molar-refractivity contribution is 0.171. The summed E-state index contributed by atoms with van der Waals surface area (Å²) in [5, 5.41) is 4.16. The molecule has 0 bridgehead atoms. The van der Waals surface area contributed by atoms with E-state index in [9.17, 15) is 0 Å². The molecule has 2 atom stereocenters. The van der Waals surface area contributed by atoms with Crippen LogP contribution in [-0.2, 0) is 0 Å². The van der Waals surface area contributed by atoms with E-state index in [4.69, 9.17) is 10.5 Å². The summed E-state index contributed by atoms with van der Waals surface area (Å²) >= 11 is 1.67. The van der Waals surface area contributed by atoms with E-state index in [-0.39, 0.29) is 12.1 Å². The first-order valence-electron chi connectivity index (χ1n) is 6.21. The van der Waals surface area contributed by atoms with Gasteiger partial charge in [0.15, 0.2) is 0 Å². The molecular weight excluding hydrogens is 242 g/mol. The molecule has 0 saturated heterocycles. The van der Waals surface area contributed by atoms with E-state index in [2.05, 4.69) is 42.8 Å². The molecule has 0 aliphatic carbocycles. The lowest BCUT2D eigenvalue weighted by Gasteiger charge is -2.23. The number of thiophene rings is 1. The van der Waals surface area contributed by atoms with Gasteiger partial charge in [-0.2, -0.15) is 11.3 Å². The third kappa shape index (κ3) is 3.12. The molecule has 2 aromatic rings. The van der Waals surface area contributed by atoms with Crippen molar-refractivity contribution in [3.63, 3.8) is 0 Å². The number of benzene rings is 1. The molecule has 18 heavy (non-hydrogen) atoms. The first-order valence-corrected chi connectivity index (χ1v) is 7.16. The summed E-state index contributed by atoms with van der Waals surface area (Å²) in [6.45, 7) is 4.15. The lowest BCUT2D eigenvalue weighted by atomic mass is 10.0. The van der Waals surface area contributed by atoms with E-state index in [1.165, 1.54) is 5.56 Å². The van der Waals surface area contributed by atoms with E-state index in [0.29, 0.717) is 0 Å². The van der Waals surface area contributed by atoms with Crippen LogP contribution in [0.25, 0.3) is 0 Å². The standard InChI is InChI=1S/C15H19NOS/c1-3-14(16)15(12-8-9-18-10-12)17-13-6-4-11(2)5-7-13/h4-10,14-15H,3,16H2,1-2H3. The Morgan fingerprint density at radius 1 is 1.22 bits per heavy atom. The molecule has 2 nitrogen and oxygen atoms in total. The number of ether oxygens (including phenoxy) is 1. The summed E-state index contributed by atoms with van der Waals surface area (Å²) in [5.41, 5.74) is 8.56. The third-order valence-corrected chi connectivity index (χ3v) is 3.72. The summed E-state index contributed by atoms with van der Waals surface area (Å²) in [7, 11) is 0. The molecule has 1 aromatic carbocycles. The largest absolute Gasteiger partial charge is 0.484 e. The Bertz CT molecular complexity index is 464. The van der Waals surface area contributed by atoms with Gasteiger partial charge in [-0.1, -0.05) is 24.6 Å². The van der Waals surface area contributed by atoms with E-state index >= 15 is 0 Å². The van der Waals surface area contributed by atoms with E-state index in [1.807, 2.05) is 12.1 Å². The van der Waals surface area contributed by atoms with Crippen LogP contribution < -0.4 is 10.5 Å². The summed E-state index contributed by atoms with van der Waals surface area (Å²) in [6.07, 6.45) is 0.829. The van der Waals surface area contributed by atoms with Gasteiger partial charge in [0, 0.05) is 11.6 Å². The summed E-state index contributed by atoms with van der Waals surface area (Å²) < 4.78 is 6.05. The highest BCUT2D eigenvalue weighted by Gasteiger charge is 2.20. The lowest BCUT2D eigenvalue weighted by Crippen LogP contribution is -2.31. The van der Waals surface area contributed by atoms with Gasteiger partial charge in [-0.05, 0) is 42.3 Å². The number of rotatable bonds is 5. The van der Waals surface area contributed by atoms with Crippen LogP contribution in [0.2, 0.25) is 0 Å². The molecular formula is C15H19NOS. The number of nitrogens with two attached hydrogens (primary N) is 1. The number of aryl methyl sites for hydroxylation is 1. The molecule has 2 unspecified atom stereocenters. The molecule has 96 valence electrons. The highest BCUT2D eigenvalue weighted by atomic mass is 32.1. The van der Waals surface area contributed by atoms with Crippen molar-refractivity contribution >= 4 is 11.3 Å². The Kier molecular flexibility index (Phi) is 4.39. The molecule has 2 N–H and O–H groups in total. The fourth-order valence-electron chi connectivity index (χ4n) is 1.82. The maximum Gasteiger partial charge on any atom is 0.140 e. The minimum atomic E-state index is -0.0658. The van der Waals surface area contributed by atoms with Gasteiger partial charge in [0.2, 0.25) is 0 Å². The number of hydrogen-bond donors (Lipinski definition) is 1. The van der Waals surface area contributed by atoms with Crippen molar-refractivity contribution < 1.29 is 4.74 Å². The second-order valence-electron chi connectivity index (χ2n) is 4.48. The zero-order valence-electron chi connectivity index (χ0n) is 10.8. The molecule has 2 rings (SSSR count). The monoisotopic (exact) mass is 261 g/mol. The van der Waals surface area contributed by atoms with Crippen LogP contribution in [0.1, 0.15) is 30.6 Å². The average molecular weight is 261 g/mol. The Balaban J connectivity index is 2.17. The van der Waals surface area contributed by atoms with Crippen LogP contribution in [0.15, 0.2) is 41.1 Å². The van der Waals surface area contributed by atoms with Gasteiger partial charge >= 0.3 is 0 Å². The van der Waals surface area contributed by atoms with Crippen molar-refractivity contribution in [1.29, 1.82) is 0 Å². The smallest absolute Gasteiger partial charge is 0.140 e. The van der Waals surface area contributed by atoms with Gasteiger partial charge in [-0.15, -0.1) is 0 Å². The van der Waals surface area contributed by atoms with Gasteiger partial charge in [0.1, 0.15) is 11.9 Å². The van der Waals surface area contributed by atoms with Crippen molar-refractivity contribution in [2.75, 3.05) is 0 Å². The van der Waals surface area contributed by atoms with Crippen molar-refractivity contribution in [2.24, 2.45) is 5.73 Å². The highest BCUT2D eigenvalue weighted by molar-refractivity contribution is 7.07. The summed E-state index contributed by atoms with van der Waals surface area (Å²) in [4.78, 5) is 0. The van der Waals surface area contributed by atoms with Gasteiger partial charge in [0.25, 0.3) is 0 Å². The maximum atomic E-state index is 6.17. The minimum Gasteiger partial charge on any atom is -0.484 e. The topological polar surface area (TPSA) is 35.2 Å². The second kappa shape index (κ2) is 6.03. The van der Waals surface area contributed by atoms with Crippen molar-refractivity contribution in [3.8, 4) is 5.75 Å². The first kappa shape index (κ1) is 13.1. The van der Waals surface area contributed by atoms with Gasteiger partial charge in [-0.25, -0.2) is 0 Å². The summed E-state index contributed by atoms with van der Waals surface area (Å²) in [6, 6.07) is 10.2. The van der Waals surface area contributed by atoms with Gasteiger partial charge in [0.05, 0.1) is 0 Å². The van der Waals surface area contributed by atoms with E-state index in [1.54, 1.807) is 11.3 Å². The van der Waals surface area contributed by atoms with E-state index in [0.717, 1.165) is 17.7 Å². The molecule has 1 heterocycles. The number of hydrogen-bond acceptors (Lipinski definition) is 3. The first-order chi connectivity index (χ1) is 8.70. The van der Waals surface area contributed by atoms with Crippen molar-refractivity contribution in [1.82, 2.24) is 0 Å². The third-order valence-electron chi connectivity index (χ3n) is 3.02. The van der Waals surface area contributed by atoms with Crippen LogP contribution >= 0.6 is 11.3 Å². The Labute approximate surface area is 112 Å². The van der Waals surface area contributed by atoms with Crippen molar-refractivity contribution in [3.05, 3.63) is 52.2 Å². The quantitative estimate of drug-likeness (QED) is 0.885. The Hall–Kier alpha value is -1.32. The fraction of sp³-hybridized carbons (Fsp3) is 0.333. The average Bonchev–Trinajstić information content (AvgIpc) is 2.91. The van der Waals surface area contributed by atoms with Gasteiger partial charge in [-0.3, -0.25) is 0 Å². The van der Waals surface area contributed by atoms with E-state index < -0.39 is 0 Å². The Morgan fingerprint density at radius 2 is 1.94 bits per heavy atom. The van der Waals surface area contributed by atoms with Crippen LogP contribution in [0.4, 0.5) is 0 Å². The van der Waals surface area contributed by atoms with Crippen LogP contribution in [-0.4, -0.2) is 6.04 Å². The van der Waals surface area contributed by atoms with Gasteiger partial charge < -0.3 is 10.5 Å². The predicted octanol–water partition coefficient (Wildman–Crippen LogP) is 3.91. The van der Waals surface area contributed by atoms with Crippen molar-refractivity contribution in [2.45, 2.75) is 32.4 Å². The molecule has 3 heteroatoms. The fourth-order valence-corrected chi connectivity index (χ4v) is 2.50. The molecule has 0 fully saturated rings. The summed E-state index contributed by atoms with van der Waals surface area (Å²) in [5.74, 6) is 0.876. The molecule has 0 aliphatic rings. The maximum absolute atomic E-state index is 6.17. The molecule has 0 saturated carbocycles. The van der Waals surface area contributed by atoms with Crippen LogP contribution in [0.3, 0.4) is 0 Å². The molecule has 0 amide bonds. The predicted molar refractivity (Wildman–Crippen MR) is 77.1 cm³/mol. The molecule has 0 aliphatic heterocycles. The van der Waals surface area contributed by atoms with Crippen LogP contribution in [0, 0.1) is 6.92 Å². The Morgan fingerprint density at radius 3 is 2.50 bits per heavy atom. The SMILES string of the molecule is CCC(N)C(Oc1ccc(C)cc1)c1ccsc1.